The van der Waals surface area contributed by atoms with E-state index < -0.39 is 0 Å². The molecule has 0 aliphatic heterocycles. The molecule has 1 aromatic rings. The van der Waals surface area contributed by atoms with Gasteiger partial charge in [-0.15, -0.1) is 0 Å². The zero-order chi connectivity index (χ0) is 13.9. The summed E-state index contributed by atoms with van der Waals surface area (Å²) < 4.78 is 2.03. The van der Waals surface area contributed by atoms with Gasteiger partial charge in [-0.1, -0.05) is 20.8 Å². The van der Waals surface area contributed by atoms with Gasteiger partial charge in [-0.3, -0.25) is 4.79 Å². The molecule has 18 heavy (non-hydrogen) atoms. The Bertz CT molecular complexity index is 454. The highest BCUT2D eigenvalue weighted by atomic mass is 79.9. The van der Waals surface area contributed by atoms with Crippen LogP contribution in [-0.2, 0) is 0 Å². The van der Waals surface area contributed by atoms with E-state index in [0.717, 1.165) is 12.2 Å². The quantitative estimate of drug-likeness (QED) is 0.907. The van der Waals surface area contributed by atoms with Gasteiger partial charge in [0.1, 0.15) is 4.47 Å². The highest BCUT2D eigenvalue weighted by molar-refractivity contribution is 9.10. The fourth-order valence-electron chi connectivity index (χ4n) is 1.44. The minimum Gasteiger partial charge on any atom is -0.382 e. The second kappa shape index (κ2) is 6.36. The van der Waals surface area contributed by atoms with Crippen LogP contribution in [0.1, 0.15) is 40.7 Å². The van der Waals surface area contributed by atoms with Gasteiger partial charge in [-0.2, -0.15) is 5.10 Å². The van der Waals surface area contributed by atoms with E-state index in [1.165, 1.54) is 4.68 Å². The maximum Gasteiger partial charge on any atom is 0.283 e. The third-order valence-electron chi connectivity index (χ3n) is 3.19. The molecule has 0 bridgehead atoms. The number of hydrogen-bond donors (Lipinski definition) is 1. The molecule has 4 nitrogen and oxygen atoms in total. The zero-order valence-corrected chi connectivity index (χ0v) is 13.3. The molecule has 1 aromatic heterocycles. The first kappa shape index (κ1) is 15.2. The van der Waals surface area contributed by atoms with Gasteiger partial charge in [0.15, 0.2) is 0 Å². The molecule has 0 fully saturated rings. The number of hydrogen-bond acceptors (Lipinski definition) is 3. The molecular weight excluding hydrogens is 294 g/mol. The summed E-state index contributed by atoms with van der Waals surface area (Å²) >= 11 is 3.35. The van der Waals surface area contributed by atoms with E-state index >= 15 is 0 Å². The van der Waals surface area contributed by atoms with E-state index in [9.17, 15) is 4.79 Å². The summed E-state index contributed by atoms with van der Waals surface area (Å²) in [6.07, 6.45) is 1.71. The lowest BCUT2D eigenvalue weighted by atomic mass is 9.98. The van der Waals surface area contributed by atoms with E-state index in [2.05, 4.69) is 47.1 Å². The van der Waals surface area contributed by atoms with Crippen LogP contribution in [0.2, 0.25) is 0 Å². The molecule has 0 saturated carbocycles. The Labute approximate surface area is 117 Å². The summed E-state index contributed by atoms with van der Waals surface area (Å²) in [7, 11) is 0. The van der Waals surface area contributed by atoms with Gasteiger partial charge in [0.2, 0.25) is 0 Å². The summed E-state index contributed by atoms with van der Waals surface area (Å²) in [5.41, 5.74) is 0.677. The first-order valence-electron chi connectivity index (χ1n) is 6.35. The maximum absolute atomic E-state index is 12.0. The number of halogens is 1. The van der Waals surface area contributed by atoms with Crippen LogP contribution in [0.25, 0.3) is 0 Å². The summed E-state index contributed by atoms with van der Waals surface area (Å²) in [6.45, 7) is 11.3. The van der Waals surface area contributed by atoms with Crippen molar-refractivity contribution >= 4 is 21.6 Å². The molecule has 5 heteroatoms. The Morgan fingerprint density at radius 2 is 1.94 bits per heavy atom. The van der Waals surface area contributed by atoms with Gasteiger partial charge in [0.05, 0.1) is 17.9 Å². The SMILES string of the molecule is CC(C)C(C)CNc1cnn(C(C)C)c(=O)c1Br. The van der Waals surface area contributed by atoms with Gasteiger partial charge >= 0.3 is 0 Å². The zero-order valence-electron chi connectivity index (χ0n) is 11.7. The van der Waals surface area contributed by atoms with E-state index in [-0.39, 0.29) is 11.6 Å². The fourth-order valence-corrected chi connectivity index (χ4v) is 1.87. The number of nitrogens with one attached hydrogen (secondary N) is 1. The third-order valence-corrected chi connectivity index (χ3v) is 3.95. The van der Waals surface area contributed by atoms with Gasteiger partial charge in [-0.25, -0.2) is 4.68 Å². The molecule has 0 spiro atoms. The van der Waals surface area contributed by atoms with Crippen molar-refractivity contribution in [2.24, 2.45) is 11.8 Å². The molecule has 0 amide bonds. The molecule has 1 atom stereocenters. The van der Waals surface area contributed by atoms with Crippen LogP contribution >= 0.6 is 15.9 Å². The minimum absolute atomic E-state index is 0.0671. The lowest BCUT2D eigenvalue weighted by Crippen LogP contribution is -2.27. The van der Waals surface area contributed by atoms with Crippen molar-refractivity contribution in [1.29, 1.82) is 0 Å². The Morgan fingerprint density at radius 3 is 2.44 bits per heavy atom. The van der Waals surface area contributed by atoms with E-state index in [0.29, 0.717) is 16.3 Å². The number of aromatic nitrogens is 2. The van der Waals surface area contributed by atoms with Crippen molar-refractivity contribution in [1.82, 2.24) is 9.78 Å². The first-order valence-corrected chi connectivity index (χ1v) is 7.15. The second-order valence-electron chi connectivity index (χ2n) is 5.32. The van der Waals surface area contributed by atoms with Crippen LogP contribution in [-0.4, -0.2) is 16.3 Å². The Morgan fingerprint density at radius 1 is 1.33 bits per heavy atom. The molecule has 1 unspecified atom stereocenters. The van der Waals surface area contributed by atoms with Crippen LogP contribution in [0.4, 0.5) is 5.69 Å². The lowest BCUT2D eigenvalue weighted by molar-refractivity contribution is 0.439. The summed E-state index contributed by atoms with van der Waals surface area (Å²) in [6, 6.07) is 0.0671. The van der Waals surface area contributed by atoms with Gasteiger partial charge in [-0.05, 0) is 41.6 Å². The van der Waals surface area contributed by atoms with E-state index in [1.54, 1.807) is 6.20 Å². The standard InChI is InChI=1S/C13H22BrN3O/c1-8(2)10(5)6-15-11-7-16-17(9(3)4)13(18)12(11)14/h7-10,15H,6H2,1-5H3. The van der Waals surface area contributed by atoms with Crippen LogP contribution < -0.4 is 10.9 Å². The van der Waals surface area contributed by atoms with Crippen LogP contribution in [0.15, 0.2) is 15.5 Å². The first-order chi connectivity index (χ1) is 8.34. The molecule has 1 N–H and O–H groups in total. The monoisotopic (exact) mass is 315 g/mol. The van der Waals surface area contributed by atoms with Crippen LogP contribution in [0.3, 0.4) is 0 Å². The van der Waals surface area contributed by atoms with Crippen molar-refractivity contribution in [2.45, 2.75) is 40.7 Å². The predicted molar refractivity (Wildman–Crippen MR) is 79.1 cm³/mol. The normalized spacial score (nSPS) is 13.1. The lowest BCUT2D eigenvalue weighted by Gasteiger charge is -2.18. The van der Waals surface area contributed by atoms with Crippen LogP contribution in [0, 0.1) is 11.8 Å². The molecule has 0 saturated heterocycles. The average Bonchev–Trinajstić information content (AvgIpc) is 2.30. The topological polar surface area (TPSA) is 46.9 Å². The number of rotatable bonds is 5. The molecule has 0 aliphatic carbocycles. The van der Waals surface area contributed by atoms with E-state index in [1.807, 2.05) is 13.8 Å². The molecule has 1 heterocycles. The smallest absolute Gasteiger partial charge is 0.283 e. The number of anilines is 1. The van der Waals surface area contributed by atoms with Crippen molar-refractivity contribution in [2.75, 3.05) is 11.9 Å². The van der Waals surface area contributed by atoms with Crippen molar-refractivity contribution < 1.29 is 0 Å². The largest absolute Gasteiger partial charge is 0.382 e. The molecule has 0 aliphatic rings. The average molecular weight is 316 g/mol. The van der Waals surface area contributed by atoms with Gasteiger partial charge in [0, 0.05) is 6.54 Å². The van der Waals surface area contributed by atoms with Crippen LogP contribution in [0.5, 0.6) is 0 Å². The Hall–Kier alpha value is -0.840. The summed E-state index contributed by atoms with van der Waals surface area (Å²) in [5.74, 6) is 1.16. The molecule has 102 valence electrons. The Kier molecular flexibility index (Phi) is 5.38. The van der Waals surface area contributed by atoms with E-state index in [4.69, 9.17) is 0 Å². The van der Waals surface area contributed by atoms with Crippen molar-refractivity contribution in [3.05, 3.63) is 21.0 Å². The van der Waals surface area contributed by atoms with Crippen molar-refractivity contribution in [3.8, 4) is 0 Å². The summed E-state index contributed by atoms with van der Waals surface area (Å²) in [5, 5.41) is 7.45. The number of nitrogens with zero attached hydrogens (tertiary/aromatic N) is 2. The van der Waals surface area contributed by atoms with Gasteiger partial charge < -0.3 is 5.32 Å². The highest BCUT2D eigenvalue weighted by Gasteiger charge is 2.12. The second-order valence-corrected chi connectivity index (χ2v) is 6.11. The third kappa shape index (κ3) is 3.57. The van der Waals surface area contributed by atoms with Gasteiger partial charge in [0.25, 0.3) is 5.56 Å². The maximum atomic E-state index is 12.0. The highest BCUT2D eigenvalue weighted by Crippen LogP contribution is 2.18. The van der Waals surface area contributed by atoms with Crippen molar-refractivity contribution in [3.63, 3.8) is 0 Å². The molecule has 1 rings (SSSR count). The minimum atomic E-state index is -0.0906. The fraction of sp³-hybridized carbons (Fsp3) is 0.692. The summed E-state index contributed by atoms with van der Waals surface area (Å²) in [4.78, 5) is 12.0. The molecule has 0 aromatic carbocycles. The predicted octanol–water partition coefficient (Wildman–Crippen LogP) is 3.29. The molecule has 0 radical (unpaired) electrons. The molecular formula is C13H22BrN3O. The Balaban J connectivity index is 2.86.